The third-order valence-corrected chi connectivity index (χ3v) is 2.57. The third kappa shape index (κ3) is 3.27. The van der Waals surface area contributed by atoms with Gasteiger partial charge in [0.15, 0.2) is 0 Å². The highest BCUT2D eigenvalue weighted by Crippen LogP contribution is 2.06. The molecule has 1 heterocycles. The quantitative estimate of drug-likeness (QED) is 0.666. The van der Waals surface area contributed by atoms with E-state index in [1.54, 1.807) is 0 Å². The maximum atomic E-state index is 11.8. The molecule has 1 atom stereocenters. The molecular formula is C10H21N3O. The van der Waals surface area contributed by atoms with Crippen LogP contribution in [-0.2, 0) is 4.79 Å². The Morgan fingerprint density at radius 1 is 1.50 bits per heavy atom. The molecule has 14 heavy (non-hydrogen) atoms. The Hall–Kier alpha value is -0.610. The summed E-state index contributed by atoms with van der Waals surface area (Å²) in [5.41, 5.74) is 0. The first-order chi connectivity index (χ1) is 6.61. The first-order valence-corrected chi connectivity index (χ1v) is 5.26. The molecule has 0 aromatic carbocycles. The number of carbonyl (C=O) groups excluding carboxylic acids is 1. The average Bonchev–Trinajstić information content (AvgIpc) is 2.28. The summed E-state index contributed by atoms with van der Waals surface area (Å²) >= 11 is 0. The van der Waals surface area contributed by atoms with Crippen molar-refractivity contribution in [1.82, 2.24) is 15.1 Å². The fraction of sp³-hybridized carbons (Fsp3) is 0.900. The van der Waals surface area contributed by atoms with Gasteiger partial charge >= 0.3 is 0 Å². The predicted molar refractivity (Wildman–Crippen MR) is 57.2 cm³/mol. The largest absolute Gasteiger partial charge is 0.338 e. The SMILES string of the molecule is CC1CCNCCN1C(=O)CN(C)C. The van der Waals surface area contributed by atoms with Crippen LogP contribution in [-0.4, -0.2) is 62.0 Å². The zero-order chi connectivity index (χ0) is 10.6. The second-order valence-electron chi connectivity index (χ2n) is 4.21. The Morgan fingerprint density at radius 3 is 2.86 bits per heavy atom. The Labute approximate surface area is 86.2 Å². The number of amides is 1. The number of hydrogen-bond acceptors (Lipinski definition) is 3. The molecule has 0 aliphatic carbocycles. The smallest absolute Gasteiger partial charge is 0.237 e. The molecule has 0 radical (unpaired) electrons. The van der Waals surface area contributed by atoms with Crippen LogP contribution in [0.5, 0.6) is 0 Å². The number of hydrogen-bond donors (Lipinski definition) is 1. The Kier molecular flexibility index (Phi) is 4.35. The van der Waals surface area contributed by atoms with Crippen molar-refractivity contribution in [3.8, 4) is 0 Å². The molecule has 4 nitrogen and oxygen atoms in total. The molecule has 1 aliphatic heterocycles. The van der Waals surface area contributed by atoms with Gasteiger partial charge < -0.3 is 15.1 Å². The highest BCUT2D eigenvalue weighted by Gasteiger charge is 2.21. The molecule has 0 bridgehead atoms. The minimum Gasteiger partial charge on any atom is -0.338 e. The molecule has 1 fully saturated rings. The van der Waals surface area contributed by atoms with Gasteiger partial charge in [-0.2, -0.15) is 0 Å². The summed E-state index contributed by atoms with van der Waals surface area (Å²) < 4.78 is 0. The molecule has 1 unspecified atom stereocenters. The van der Waals surface area contributed by atoms with E-state index >= 15 is 0 Å². The minimum atomic E-state index is 0.242. The first-order valence-electron chi connectivity index (χ1n) is 5.26. The van der Waals surface area contributed by atoms with E-state index in [2.05, 4.69) is 12.2 Å². The summed E-state index contributed by atoms with van der Waals surface area (Å²) in [5.74, 6) is 0.242. The number of nitrogens with one attached hydrogen (secondary N) is 1. The molecule has 1 rings (SSSR count). The summed E-state index contributed by atoms with van der Waals surface area (Å²) in [7, 11) is 3.86. The van der Waals surface area contributed by atoms with Crippen molar-refractivity contribution < 1.29 is 4.79 Å². The zero-order valence-electron chi connectivity index (χ0n) is 9.42. The van der Waals surface area contributed by atoms with Crippen molar-refractivity contribution in [3.05, 3.63) is 0 Å². The van der Waals surface area contributed by atoms with E-state index in [1.165, 1.54) is 0 Å². The van der Waals surface area contributed by atoms with Gasteiger partial charge in [-0.05, 0) is 34.0 Å². The summed E-state index contributed by atoms with van der Waals surface area (Å²) in [6.45, 7) is 5.43. The van der Waals surface area contributed by atoms with Crippen molar-refractivity contribution in [2.24, 2.45) is 0 Å². The summed E-state index contributed by atoms with van der Waals surface area (Å²) in [6.07, 6.45) is 1.05. The Balaban J connectivity index is 2.50. The molecule has 1 amide bonds. The molecule has 1 aliphatic rings. The summed E-state index contributed by atoms with van der Waals surface area (Å²) in [5, 5.41) is 3.31. The Bertz CT molecular complexity index is 194. The van der Waals surface area contributed by atoms with E-state index in [0.29, 0.717) is 12.6 Å². The highest BCUT2D eigenvalue weighted by atomic mass is 16.2. The monoisotopic (exact) mass is 199 g/mol. The van der Waals surface area contributed by atoms with E-state index in [9.17, 15) is 4.79 Å². The molecular weight excluding hydrogens is 178 g/mol. The van der Waals surface area contributed by atoms with Gasteiger partial charge in [-0.3, -0.25) is 4.79 Å². The van der Waals surface area contributed by atoms with Crippen molar-refractivity contribution in [3.63, 3.8) is 0 Å². The van der Waals surface area contributed by atoms with E-state index in [4.69, 9.17) is 0 Å². The fourth-order valence-corrected chi connectivity index (χ4v) is 1.74. The van der Waals surface area contributed by atoms with Crippen LogP contribution in [0.4, 0.5) is 0 Å². The van der Waals surface area contributed by atoms with Crippen LogP contribution in [0.15, 0.2) is 0 Å². The normalized spacial score (nSPS) is 23.7. The second-order valence-corrected chi connectivity index (χ2v) is 4.21. The molecule has 82 valence electrons. The van der Waals surface area contributed by atoms with Crippen LogP contribution in [0.2, 0.25) is 0 Å². The van der Waals surface area contributed by atoms with Gasteiger partial charge in [-0.15, -0.1) is 0 Å². The fourth-order valence-electron chi connectivity index (χ4n) is 1.74. The topological polar surface area (TPSA) is 35.6 Å². The van der Waals surface area contributed by atoms with Crippen molar-refractivity contribution in [1.29, 1.82) is 0 Å². The number of likely N-dealkylation sites (N-methyl/N-ethyl adjacent to an activating group) is 1. The second kappa shape index (κ2) is 5.32. The van der Waals surface area contributed by atoms with Crippen LogP contribution in [0, 0.1) is 0 Å². The third-order valence-electron chi connectivity index (χ3n) is 2.57. The highest BCUT2D eigenvalue weighted by molar-refractivity contribution is 5.78. The van der Waals surface area contributed by atoms with Crippen LogP contribution >= 0.6 is 0 Å². The molecule has 0 saturated carbocycles. The van der Waals surface area contributed by atoms with Crippen molar-refractivity contribution in [2.45, 2.75) is 19.4 Å². The Morgan fingerprint density at radius 2 is 2.21 bits per heavy atom. The lowest BCUT2D eigenvalue weighted by Crippen LogP contribution is -2.43. The molecule has 0 spiro atoms. The molecule has 0 aromatic rings. The summed E-state index contributed by atoms with van der Waals surface area (Å²) in [4.78, 5) is 15.7. The average molecular weight is 199 g/mol. The van der Waals surface area contributed by atoms with Gasteiger partial charge in [0.1, 0.15) is 0 Å². The first kappa shape index (κ1) is 11.5. The van der Waals surface area contributed by atoms with Crippen molar-refractivity contribution >= 4 is 5.91 Å². The zero-order valence-corrected chi connectivity index (χ0v) is 9.42. The van der Waals surface area contributed by atoms with Crippen LogP contribution in [0.1, 0.15) is 13.3 Å². The predicted octanol–water partition coefficient (Wildman–Crippen LogP) is -0.242. The van der Waals surface area contributed by atoms with E-state index in [-0.39, 0.29) is 5.91 Å². The molecule has 0 aromatic heterocycles. The molecule has 4 heteroatoms. The molecule has 1 N–H and O–H groups in total. The number of nitrogens with zero attached hydrogens (tertiary/aromatic N) is 2. The van der Waals surface area contributed by atoms with Gasteiger partial charge in [0.05, 0.1) is 6.54 Å². The van der Waals surface area contributed by atoms with E-state index < -0.39 is 0 Å². The minimum absolute atomic E-state index is 0.242. The standard InChI is InChI=1S/C10H21N3O/c1-9-4-5-11-6-7-13(9)10(14)8-12(2)3/h9,11H,4-8H2,1-3H3. The van der Waals surface area contributed by atoms with E-state index in [1.807, 2.05) is 23.9 Å². The van der Waals surface area contributed by atoms with Gasteiger partial charge in [0.25, 0.3) is 0 Å². The lowest BCUT2D eigenvalue weighted by atomic mass is 10.2. The van der Waals surface area contributed by atoms with Gasteiger partial charge in [-0.25, -0.2) is 0 Å². The number of carbonyl (C=O) groups is 1. The maximum Gasteiger partial charge on any atom is 0.237 e. The maximum absolute atomic E-state index is 11.8. The van der Waals surface area contributed by atoms with Gasteiger partial charge in [-0.1, -0.05) is 0 Å². The van der Waals surface area contributed by atoms with Crippen LogP contribution in [0.3, 0.4) is 0 Å². The lowest BCUT2D eigenvalue weighted by Gasteiger charge is -2.28. The summed E-state index contributed by atoms with van der Waals surface area (Å²) in [6, 6.07) is 0.373. The lowest BCUT2D eigenvalue weighted by molar-refractivity contribution is -0.133. The van der Waals surface area contributed by atoms with Crippen LogP contribution < -0.4 is 5.32 Å². The van der Waals surface area contributed by atoms with Crippen LogP contribution in [0.25, 0.3) is 0 Å². The van der Waals surface area contributed by atoms with Gasteiger partial charge in [0, 0.05) is 19.1 Å². The van der Waals surface area contributed by atoms with E-state index in [0.717, 1.165) is 26.1 Å². The number of rotatable bonds is 2. The van der Waals surface area contributed by atoms with Crippen molar-refractivity contribution in [2.75, 3.05) is 40.3 Å². The van der Waals surface area contributed by atoms with Gasteiger partial charge in [0.2, 0.25) is 5.91 Å². The molecule has 1 saturated heterocycles.